The Morgan fingerprint density at radius 2 is 2.11 bits per heavy atom. The summed E-state index contributed by atoms with van der Waals surface area (Å²) >= 11 is 0. The van der Waals surface area contributed by atoms with Gasteiger partial charge in [-0.25, -0.2) is 0 Å². The Balaban J connectivity index is 1.96. The maximum atomic E-state index is 8.97. The lowest BCUT2D eigenvalue weighted by atomic mass is 9.84. The highest BCUT2D eigenvalue weighted by Gasteiger charge is 2.28. The molecule has 0 radical (unpaired) electrons. The molecule has 4 heteroatoms. The Morgan fingerprint density at radius 1 is 1.32 bits per heavy atom. The van der Waals surface area contributed by atoms with Gasteiger partial charge in [0, 0.05) is 36.7 Å². The second-order valence-electron chi connectivity index (χ2n) is 5.95. The fraction of sp³-hybridized carbons (Fsp3) is 0.733. The van der Waals surface area contributed by atoms with E-state index in [9.17, 15) is 0 Å². The van der Waals surface area contributed by atoms with Crippen LogP contribution in [0.5, 0.6) is 0 Å². The number of likely N-dealkylation sites (N-methyl/N-ethyl adjacent to an activating group) is 1. The zero-order valence-electron chi connectivity index (χ0n) is 11.7. The maximum Gasteiger partial charge on any atom is 0.128 e. The van der Waals surface area contributed by atoms with Crippen molar-refractivity contribution in [3.8, 4) is 6.07 Å². The van der Waals surface area contributed by atoms with Gasteiger partial charge in [0.25, 0.3) is 0 Å². The van der Waals surface area contributed by atoms with E-state index in [0.29, 0.717) is 12.5 Å². The van der Waals surface area contributed by atoms with E-state index in [-0.39, 0.29) is 0 Å². The molecule has 19 heavy (non-hydrogen) atoms. The van der Waals surface area contributed by atoms with Gasteiger partial charge < -0.3 is 4.90 Å². The summed E-state index contributed by atoms with van der Waals surface area (Å²) in [4.78, 5) is 2.37. The monoisotopic (exact) mass is 258 g/mol. The number of hydrogen-bond donors (Lipinski definition) is 0. The largest absolute Gasteiger partial charge is 0.302 e. The van der Waals surface area contributed by atoms with E-state index in [0.717, 1.165) is 19.5 Å². The summed E-state index contributed by atoms with van der Waals surface area (Å²) in [5.74, 6) is 0.633. The second kappa shape index (κ2) is 5.34. The summed E-state index contributed by atoms with van der Waals surface area (Å²) in [6, 6.07) is 2.25. The predicted octanol–water partition coefficient (Wildman–Crippen LogP) is 2.44. The number of rotatable bonds is 2. The molecule has 102 valence electrons. The van der Waals surface area contributed by atoms with Crippen LogP contribution in [-0.4, -0.2) is 28.3 Å². The van der Waals surface area contributed by atoms with Gasteiger partial charge in [-0.3, -0.25) is 4.68 Å². The van der Waals surface area contributed by atoms with Crippen LogP contribution in [0.3, 0.4) is 0 Å². The van der Waals surface area contributed by atoms with E-state index in [2.05, 4.69) is 18.0 Å². The molecule has 1 saturated carbocycles. The van der Waals surface area contributed by atoms with Crippen LogP contribution < -0.4 is 0 Å². The van der Waals surface area contributed by atoms with Crippen LogP contribution in [0.15, 0.2) is 0 Å². The third kappa shape index (κ3) is 2.40. The fourth-order valence-electron chi connectivity index (χ4n) is 3.55. The van der Waals surface area contributed by atoms with E-state index >= 15 is 0 Å². The predicted molar refractivity (Wildman–Crippen MR) is 73.7 cm³/mol. The highest BCUT2D eigenvalue weighted by atomic mass is 15.3. The molecular weight excluding hydrogens is 236 g/mol. The number of nitriles is 1. The molecule has 4 nitrogen and oxygen atoms in total. The van der Waals surface area contributed by atoms with Gasteiger partial charge in [-0.1, -0.05) is 19.3 Å². The van der Waals surface area contributed by atoms with Gasteiger partial charge in [0.15, 0.2) is 0 Å². The smallest absolute Gasteiger partial charge is 0.128 e. The molecule has 1 fully saturated rings. The summed E-state index contributed by atoms with van der Waals surface area (Å²) < 4.78 is 1.96. The van der Waals surface area contributed by atoms with Crippen molar-refractivity contribution in [2.24, 2.45) is 0 Å². The Bertz CT molecular complexity index is 491. The number of aromatic nitrogens is 2. The van der Waals surface area contributed by atoms with Crippen molar-refractivity contribution in [1.82, 2.24) is 14.7 Å². The Kier molecular flexibility index (Phi) is 3.56. The molecule has 0 aromatic carbocycles. The van der Waals surface area contributed by atoms with Crippen LogP contribution in [0.2, 0.25) is 0 Å². The molecule has 2 heterocycles. The SMILES string of the molecule is CN1CCc2c(c(C3CCCCC3)nn2CC#N)C1. The van der Waals surface area contributed by atoms with Crippen molar-refractivity contribution in [1.29, 1.82) is 5.26 Å². The molecule has 0 bridgehead atoms. The first-order valence-electron chi connectivity index (χ1n) is 7.43. The zero-order valence-corrected chi connectivity index (χ0v) is 11.7. The van der Waals surface area contributed by atoms with Crippen LogP contribution in [0.25, 0.3) is 0 Å². The quantitative estimate of drug-likeness (QED) is 0.818. The molecule has 3 rings (SSSR count). The van der Waals surface area contributed by atoms with Gasteiger partial charge in [0.1, 0.15) is 6.54 Å². The van der Waals surface area contributed by atoms with Crippen LogP contribution in [-0.2, 0) is 19.5 Å². The number of fused-ring (bicyclic) bond motifs is 1. The molecule has 1 aliphatic carbocycles. The first-order valence-corrected chi connectivity index (χ1v) is 7.43. The van der Waals surface area contributed by atoms with Crippen LogP contribution >= 0.6 is 0 Å². The average Bonchev–Trinajstić information content (AvgIpc) is 2.78. The third-order valence-corrected chi connectivity index (χ3v) is 4.57. The summed E-state index contributed by atoms with van der Waals surface area (Å²) in [6.07, 6.45) is 7.63. The van der Waals surface area contributed by atoms with Crippen molar-refractivity contribution in [3.63, 3.8) is 0 Å². The van der Waals surface area contributed by atoms with Gasteiger partial charge in [0.05, 0.1) is 11.8 Å². The highest BCUT2D eigenvalue weighted by molar-refractivity contribution is 5.32. The van der Waals surface area contributed by atoms with E-state index in [1.807, 2.05) is 4.68 Å². The van der Waals surface area contributed by atoms with Crippen LogP contribution in [0.4, 0.5) is 0 Å². The van der Waals surface area contributed by atoms with E-state index in [4.69, 9.17) is 10.4 Å². The molecule has 0 amide bonds. The lowest BCUT2D eigenvalue weighted by molar-refractivity contribution is 0.306. The standard InChI is InChI=1S/C15H22N4/c1-18-9-7-14-13(11-18)15(17-19(14)10-8-16)12-5-3-2-4-6-12/h12H,2-7,9-11H2,1H3. The first kappa shape index (κ1) is 12.7. The van der Waals surface area contributed by atoms with Crippen LogP contribution in [0.1, 0.15) is 55.0 Å². The lowest BCUT2D eigenvalue weighted by Gasteiger charge is -2.26. The van der Waals surface area contributed by atoms with Gasteiger partial charge in [0.2, 0.25) is 0 Å². The Labute approximate surface area is 115 Å². The average molecular weight is 258 g/mol. The number of nitrogens with zero attached hydrogens (tertiary/aromatic N) is 4. The fourth-order valence-corrected chi connectivity index (χ4v) is 3.55. The van der Waals surface area contributed by atoms with Gasteiger partial charge in [-0.05, 0) is 19.9 Å². The summed E-state index contributed by atoms with van der Waals surface area (Å²) in [6.45, 7) is 2.49. The molecular formula is C15H22N4. The topological polar surface area (TPSA) is 44.9 Å². The maximum absolute atomic E-state index is 8.97. The Morgan fingerprint density at radius 3 is 2.84 bits per heavy atom. The minimum absolute atomic E-state index is 0.402. The minimum atomic E-state index is 0.402. The number of hydrogen-bond acceptors (Lipinski definition) is 3. The summed E-state index contributed by atoms with van der Waals surface area (Å²) in [5, 5.41) is 13.8. The van der Waals surface area contributed by atoms with Crippen LogP contribution in [0, 0.1) is 11.3 Å². The van der Waals surface area contributed by atoms with Gasteiger partial charge in [-0.15, -0.1) is 0 Å². The summed E-state index contributed by atoms with van der Waals surface area (Å²) in [7, 11) is 2.18. The molecule has 0 atom stereocenters. The normalized spacial score (nSPS) is 21.1. The van der Waals surface area contributed by atoms with E-state index < -0.39 is 0 Å². The second-order valence-corrected chi connectivity index (χ2v) is 5.95. The van der Waals surface area contributed by atoms with E-state index in [1.165, 1.54) is 49.1 Å². The molecule has 0 spiro atoms. The first-order chi connectivity index (χ1) is 9.29. The van der Waals surface area contributed by atoms with Crippen molar-refractivity contribution in [2.75, 3.05) is 13.6 Å². The van der Waals surface area contributed by atoms with Gasteiger partial charge >= 0.3 is 0 Å². The minimum Gasteiger partial charge on any atom is -0.302 e. The van der Waals surface area contributed by atoms with E-state index in [1.54, 1.807) is 0 Å². The molecule has 1 aliphatic heterocycles. The molecule has 0 N–H and O–H groups in total. The molecule has 0 saturated heterocycles. The van der Waals surface area contributed by atoms with Crippen molar-refractivity contribution in [2.45, 2.75) is 57.5 Å². The third-order valence-electron chi connectivity index (χ3n) is 4.57. The summed E-state index contributed by atoms with van der Waals surface area (Å²) in [5.41, 5.74) is 4.05. The van der Waals surface area contributed by atoms with Gasteiger partial charge in [-0.2, -0.15) is 10.4 Å². The van der Waals surface area contributed by atoms with Crippen molar-refractivity contribution < 1.29 is 0 Å². The molecule has 1 aromatic heterocycles. The molecule has 2 aliphatic rings. The highest BCUT2D eigenvalue weighted by Crippen LogP contribution is 2.36. The lowest BCUT2D eigenvalue weighted by Crippen LogP contribution is -2.28. The molecule has 1 aromatic rings. The van der Waals surface area contributed by atoms with Crippen molar-refractivity contribution in [3.05, 3.63) is 17.0 Å². The Hall–Kier alpha value is -1.34. The zero-order chi connectivity index (χ0) is 13.2. The molecule has 0 unspecified atom stereocenters. The van der Waals surface area contributed by atoms with Crippen molar-refractivity contribution >= 4 is 0 Å².